The second-order valence-electron chi connectivity index (χ2n) is 5.59. The fourth-order valence-electron chi connectivity index (χ4n) is 2.54. The van der Waals surface area contributed by atoms with E-state index in [4.69, 9.17) is 0 Å². The van der Waals surface area contributed by atoms with E-state index in [1.807, 2.05) is 67.6 Å². The van der Waals surface area contributed by atoms with Gasteiger partial charge in [-0.3, -0.25) is 9.59 Å². The third kappa shape index (κ3) is 3.43. The summed E-state index contributed by atoms with van der Waals surface area (Å²) < 4.78 is 0. The molecule has 1 aromatic heterocycles. The number of nitrogens with one attached hydrogen (secondary N) is 2. The van der Waals surface area contributed by atoms with Gasteiger partial charge in [-0.25, -0.2) is 0 Å². The van der Waals surface area contributed by atoms with Gasteiger partial charge in [-0.2, -0.15) is 0 Å². The van der Waals surface area contributed by atoms with E-state index in [9.17, 15) is 9.59 Å². The Bertz CT molecular complexity index is 886. The first kappa shape index (κ1) is 15.7. The smallest absolute Gasteiger partial charge is 0.261 e. The van der Waals surface area contributed by atoms with Gasteiger partial charge in [0.15, 0.2) is 0 Å². The summed E-state index contributed by atoms with van der Waals surface area (Å²) in [5, 5.41) is 2.85. The quantitative estimate of drug-likeness (QED) is 0.773. The number of carbonyl (C=O) groups excluding carboxylic acids is 1. The van der Waals surface area contributed by atoms with E-state index in [1.165, 1.54) is 0 Å². The minimum Gasteiger partial charge on any atom is -0.345 e. The SMILES string of the molecule is C[C@H](NC(=O)c1ccc(-c2ccccc2)[nH]c1=O)c1ccccc1. The second-order valence-corrected chi connectivity index (χ2v) is 5.59. The molecule has 0 fully saturated rings. The topological polar surface area (TPSA) is 62.0 Å². The highest BCUT2D eigenvalue weighted by molar-refractivity contribution is 5.94. The van der Waals surface area contributed by atoms with E-state index in [0.29, 0.717) is 5.69 Å². The van der Waals surface area contributed by atoms with Crippen LogP contribution in [0.25, 0.3) is 11.3 Å². The molecule has 24 heavy (non-hydrogen) atoms. The summed E-state index contributed by atoms with van der Waals surface area (Å²) in [5.41, 5.74) is 2.29. The van der Waals surface area contributed by atoms with Gasteiger partial charge in [0.1, 0.15) is 5.56 Å². The number of aromatic amines is 1. The highest BCUT2D eigenvalue weighted by Gasteiger charge is 2.14. The lowest BCUT2D eigenvalue weighted by Crippen LogP contribution is -2.31. The summed E-state index contributed by atoms with van der Waals surface area (Å²) in [5.74, 6) is -0.382. The number of aromatic nitrogens is 1. The van der Waals surface area contributed by atoms with Crippen molar-refractivity contribution < 1.29 is 4.79 Å². The zero-order chi connectivity index (χ0) is 16.9. The Kier molecular flexibility index (Phi) is 4.57. The summed E-state index contributed by atoms with van der Waals surface area (Å²) >= 11 is 0. The van der Waals surface area contributed by atoms with E-state index < -0.39 is 5.56 Å². The van der Waals surface area contributed by atoms with Crippen LogP contribution in [-0.4, -0.2) is 10.9 Å². The van der Waals surface area contributed by atoms with Crippen molar-refractivity contribution in [2.75, 3.05) is 0 Å². The van der Waals surface area contributed by atoms with Gasteiger partial charge in [0.2, 0.25) is 0 Å². The molecular weight excluding hydrogens is 300 g/mol. The van der Waals surface area contributed by atoms with Gasteiger partial charge >= 0.3 is 0 Å². The summed E-state index contributed by atoms with van der Waals surface area (Å²) in [6.45, 7) is 1.89. The molecule has 0 saturated carbocycles. The van der Waals surface area contributed by atoms with Gasteiger partial charge in [0.05, 0.1) is 6.04 Å². The number of amides is 1. The summed E-state index contributed by atoms with van der Waals surface area (Å²) in [4.78, 5) is 27.4. The predicted octanol–water partition coefficient (Wildman–Crippen LogP) is 3.53. The molecule has 0 aliphatic carbocycles. The Labute approximate surface area is 140 Å². The van der Waals surface area contributed by atoms with E-state index in [2.05, 4.69) is 10.3 Å². The fraction of sp³-hybridized carbons (Fsp3) is 0.100. The number of carbonyl (C=O) groups is 1. The number of pyridine rings is 1. The van der Waals surface area contributed by atoms with Crippen molar-refractivity contribution in [3.8, 4) is 11.3 Å². The zero-order valence-electron chi connectivity index (χ0n) is 13.3. The third-order valence-electron chi connectivity index (χ3n) is 3.89. The predicted molar refractivity (Wildman–Crippen MR) is 94.8 cm³/mol. The molecule has 0 bridgehead atoms. The van der Waals surface area contributed by atoms with Crippen molar-refractivity contribution in [3.63, 3.8) is 0 Å². The normalized spacial score (nSPS) is 11.7. The zero-order valence-corrected chi connectivity index (χ0v) is 13.3. The van der Waals surface area contributed by atoms with Crippen molar-refractivity contribution in [2.24, 2.45) is 0 Å². The third-order valence-corrected chi connectivity index (χ3v) is 3.89. The monoisotopic (exact) mass is 318 g/mol. The fourth-order valence-corrected chi connectivity index (χ4v) is 2.54. The van der Waals surface area contributed by atoms with Crippen LogP contribution in [0.2, 0.25) is 0 Å². The molecule has 0 saturated heterocycles. The van der Waals surface area contributed by atoms with Crippen LogP contribution in [0.15, 0.2) is 77.6 Å². The minimum absolute atomic E-state index is 0.109. The molecule has 0 aliphatic heterocycles. The van der Waals surface area contributed by atoms with Crippen LogP contribution in [0.1, 0.15) is 28.9 Å². The molecule has 1 heterocycles. The lowest BCUT2D eigenvalue weighted by atomic mass is 10.1. The van der Waals surface area contributed by atoms with Gasteiger partial charge in [-0.1, -0.05) is 60.7 Å². The maximum Gasteiger partial charge on any atom is 0.261 e. The number of benzene rings is 2. The lowest BCUT2D eigenvalue weighted by Gasteiger charge is -2.14. The van der Waals surface area contributed by atoms with E-state index in [0.717, 1.165) is 11.1 Å². The summed E-state index contributed by atoms with van der Waals surface area (Å²) in [6.07, 6.45) is 0. The number of H-pyrrole nitrogens is 1. The molecule has 0 radical (unpaired) electrons. The van der Waals surface area contributed by atoms with Crippen LogP contribution >= 0.6 is 0 Å². The molecule has 0 aliphatic rings. The van der Waals surface area contributed by atoms with Crippen molar-refractivity contribution in [1.29, 1.82) is 0 Å². The molecule has 2 N–H and O–H groups in total. The van der Waals surface area contributed by atoms with Crippen LogP contribution in [0.3, 0.4) is 0 Å². The summed E-state index contributed by atoms with van der Waals surface area (Å²) in [7, 11) is 0. The van der Waals surface area contributed by atoms with Gasteiger partial charge in [-0.15, -0.1) is 0 Å². The molecule has 0 unspecified atom stereocenters. The average Bonchev–Trinajstić information content (AvgIpc) is 2.63. The Hall–Kier alpha value is -3.14. The number of hydrogen-bond donors (Lipinski definition) is 2. The Balaban J connectivity index is 1.80. The standard InChI is InChI=1S/C20H18N2O2/c1-14(15-8-4-2-5-9-15)21-19(23)17-12-13-18(22-20(17)24)16-10-6-3-7-11-16/h2-14H,1H3,(H,21,23)(H,22,24)/t14-/m0/s1. The Morgan fingerprint density at radius 3 is 2.17 bits per heavy atom. The number of hydrogen-bond acceptors (Lipinski definition) is 2. The molecule has 2 aromatic carbocycles. The van der Waals surface area contributed by atoms with E-state index in [-0.39, 0.29) is 17.5 Å². The van der Waals surface area contributed by atoms with Gasteiger partial charge < -0.3 is 10.3 Å². The maximum absolute atomic E-state index is 12.4. The van der Waals surface area contributed by atoms with Crippen LogP contribution < -0.4 is 10.9 Å². The molecule has 1 amide bonds. The second kappa shape index (κ2) is 6.96. The molecular formula is C20H18N2O2. The van der Waals surface area contributed by atoms with Crippen LogP contribution in [0.4, 0.5) is 0 Å². The molecule has 120 valence electrons. The largest absolute Gasteiger partial charge is 0.345 e. The minimum atomic E-state index is -0.394. The molecule has 0 spiro atoms. The van der Waals surface area contributed by atoms with Crippen LogP contribution in [0, 0.1) is 0 Å². The summed E-state index contributed by atoms with van der Waals surface area (Å²) in [6, 6.07) is 22.3. The first-order valence-electron chi connectivity index (χ1n) is 7.79. The van der Waals surface area contributed by atoms with Crippen LogP contribution in [0.5, 0.6) is 0 Å². The maximum atomic E-state index is 12.4. The Morgan fingerprint density at radius 2 is 1.54 bits per heavy atom. The highest BCUT2D eigenvalue weighted by atomic mass is 16.2. The van der Waals surface area contributed by atoms with Crippen LogP contribution in [-0.2, 0) is 0 Å². The van der Waals surface area contributed by atoms with Crippen molar-refractivity contribution in [3.05, 3.63) is 94.3 Å². The van der Waals surface area contributed by atoms with Crippen molar-refractivity contribution in [1.82, 2.24) is 10.3 Å². The van der Waals surface area contributed by atoms with Crippen molar-refractivity contribution >= 4 is 5.91 Å². The molecule has 4 nitrogen and oxygen atoms in total. The highest BCUT2D eigenvalue weighted by Crippen LogP contribution is 2.15. The molecule has 3 aromatic rings. The molecule has 1 atom stereocenters. The lowest BCUT2D eigenvalue weighted by molar-refractivity contribution is 0.0938. The van der Waals surface area contributed by atoms with Gasteiger partial charge in [-0.05, 0) is 30.2 Å². The Morgan fingerprint density at radius 1 is 0.917 bits per heavy atom. The number of rotatable bonds is 4. The van der Waals surface area contributed by atoms with E-state index >= 15 is 0 Å². The van der Waals surface area contributed by atoms with Gasteiger partial charge in [0, 0.05) is 5.69 Å². The first-order chi connectivity index (χ1) is 11.6. The van der Waals surface area contributed by atoms with Crippen molar-refractivity contribution in [2.45, 2.75) is 13.0 Å². The van der Waals surface area contributed by atoms with E-state index in [1.54, 1.807) is 12.1 Å². The molecule has 3 rings (SSSR count). The average molecular weight is 318 g/mol. The first-order valence-corrected chi connectivity index (χ1v) is 7.79. The van der Waals surface area contributed by atoms with Gasteiger partial charge in [0.25, 0.3) is 11.5 Å². The molecule has 4 heteroatoms.